The van der Waals surface area contributed by atoms with E-state index in [2.05, 4.69) is 55.0 Å². The highest BCUT2D eigenvalue weighted by molar-refractivity contribution is 5.91. The predicted octanol–water partition coefficient (Wildman–Crippen LogP) is 4.18. The van der Waals surface area contributed by atoms with Gasteiger partial charge >= 0.3 is 6.01 Å². The molecule has 0 bridgehead atoms. The summed E-state index contributed by atoms with van der Waals surface area (Å²) in [5.41, 5.74) is 5.42. The van der Waals surface area contributed by atoms with Gasteiger partial charge in [0, 0.05) is 49.5 Å². The lowest BCUT2D eigenvalue weighted by atomic mass is 10.0. The zero-order valence-electron chi connectivity index (χ0n) is 24.9. The molecule has 9 nitrogen and oxygen atoms in total. The number of amides is 1. The Balaban J connectivity index is 1.44. The summed E-state index contributed by atoms with van der Waals surface area (Å²) in [5, 5.41) is 9.48. The van der Waals surface area contributed by atoms with E-state index < -0.39 is 24.2 Å². The first-order chi connectivity index (χ1) is 20.7. The Hall–Kier alpha value is -3.85. The molecule has 12 heteroatoms. The fourth-order valence-corrected chi connectivity index (χ4v) is 6.27. The number of allylic oxidation sites excluding steroid dienone is 1. The molecule has 1 amide bonds. The van der Waals surface area contributed by atoms with Crippen molar-refractivity contribution in [2.75, 3.05) is 56.2 Å². The summed E-state index contributed by atoms with van der Waals surface area (Å²) in [4.78, 5) is 30.1. The van der Waals surface area contributed by atoms with Gasteiger partial charge in [0.2, 0.25) is 0 Å². The third-order valence-corrected chi connectivity index (χ3v) is 8.86. The SMILES string of the molecule is Cc1cccc(N2CCc3c(nc(OCC4CCCN4C)nc3N3CCN(C(=O)/C(F)=C\C(F)F)C(CC#N)C3)C2)c1C. The molecule has 230 valence electrons. The van der Waals surface area contributed by atoms with Gasteiger partial charge in [0.15, 0.2) is 5.83 Å². The van der Waals surface area contributed by atoms with E-state index in [0.717, 1.165) is 42.9 Å². The van der Waals surface area contributed by atoms with E-state index in [1.807, 2.05) is 4.90 Å². The molecule has 0 aliphatic carbocycles. The average molecular weight is 598 g/mol. The van der Waals surface area contributed by atoms with Crippen LogP contribution in [0.25, 0.3) is 0 Å². The summed E-state index contributed by atoms with van der Waals surface area (Å²) in [6.07, 6.45) is -0.324. The van der Waals surface area contributed by atoms with Gasteiger partial charge in [-0.05, 0) is 63.9 Å². The minimum absolute atomic E-state index is 0.00598. The average Bonchev–Trinajstić information content (AvgIpc) is 3.40. The third-order valence-electron chi connectivity index (χ3n) is 8.86. The fourth-order valence-electron chi connectivity index (χ4n) is 6.27. The number of likely N-dealkylation sites (tertiary alicyclic amines) is 1. The summed E-state index contributed by atoms with van der Waals surface area (Å²) in [6, 6.07) is 8.19. The van der Waals surface area contributed by atoms with Gasteiger partial charge in [-0.2, -0.15) is 15.2 Å². The van der Waals surface area contributed by atoms with Crippen molar-refractivity contribution < 1.29 is 22.7 Å². The molecule has 0 N–H and O–H groups in total. The number of carbonyl (C=O) groups is 1. The maximum Gasteiger partial charge on any atom is 0.318 e. The van der Waals surface area contributed by atoms with Gasteiger partial charge in [-0.15, -0.1) is 0 Å². The van der Waals surface area contributed by atoms with E-state index in [9.17, 15) is 23.2 Å². The number of alkyl halides is 2. The van der Waals surface area contributed by atoms with Crippen molar-refractivity contribution in [1.29, 1.82) is 5.26 Å². The Morgan fingerprint density at radius 1 is 1.16 bits per heavy atom. The smallest absolute Gasteiger partial charge is 0.318 e. The molecule has 4 heterocycles. The summed E-state index contributed by atoms with van der Waals surface area (Å²) in [5.74, 6) is -1.96. The molecular formula is C31H38F3N7O2. The van der Waals surface area contributed by atoms with E-state index in [4.69, 9.17) is 14.7 Å². The second-order valence-electron chi connectivity index (χ2n) is 11.5. The van der Waals surface area contributed by atoms with Gasteiger partial charge in [-0.25, -0.2) is 13.2 Å². The van der Waals surface area contributed by atoms with Crippen LogP contribution in [-0.2, 0) is 17.8 Å². The molecule has 2 aromatic rings. The van der Waals surface area contributed by atoms with Crippen LogP contribution in [0.15, 0.2) is 30.1 Å². The van der Waals surface area contributed by atoms with Crippen molar-refractivity contribution in [1.82, 2.24) is 19.8 Å². The number of piperazine rings is 1. The molecule has 0 spiro atoms. The third kappa shape index (κ3) is 6.72. The van der Waals surface area contributed by atoms with E-state index in [1.54, 1.807) is 0 Å². The Morgan fingerprint density at radius 2 is 1.98 bits per heavy atom. The first-order valence-electron chi connectivity index (χ1n) is 14.8. The van der Waals surface area contributed by atoms with Gasteiger partial charge in [0.1, 0.15) is 12.4 Å². The normalized spacial score (nSPS) is 21.3. The molecule has 3 aliphatic rings. The van der Waals surface area contributed by atoms with Gasteiger partial charge in [0.05, 0.1) is 30.8 Å². The molecule has 43 heavy (non-hydrogen) atoms. The number of carbonyl (C=O) groups excluding carboxylic acids is 1. The lowest BCUT2D eigenvalue weighted by Gasteiger charge is -2.42. The molecule has 0 saturated carbocycles. The number of halogens is 3. The molecule has 5 rings (SSSR count). The van der Waals surface area contributed by atoms with Crippen LogP contribution in [0.4, 0.5) is 24.7 Å². The Kier molecular flexibility index (Phi) is 9.40. The van der Waals surface area contributed by atoms with Crippen LogP contribution in [-0.4, -0.2) is 90.6 Å². The molecule has 2 fully saturated rings. The number of nitriles is 1. The summed E-state index contributed by atoms with van der Waals surface area (Å²) in [6.45, 7) is 7.58. The zero-order valence-corrected chi connectivity index (χ0v) is 24.9. The Bertz CT molecular complexity index is 1410. The number of hydrogen-bond donors (Lipinski definition) is 0. The molecule has 0 radical (unpaired) electrons. The van der Waals surface area contributed by atoms with Crippen LogP contribution in [0.2, 0.25) is 0 Å². The summed E-state index contributed by atoms with van der Waals surface area (Å²) in [7, 11) is 2.08. The summed E-state index contributed by atoms with van der Waals surface area (Å²) >= 11 is 0. The second-order valence-corrected chi connectivity index (χ2v) is 11.5. The first kappa shape index (κ1) is 30.6. The zero-order chi connectivity index (χ0) is 30.7. The fraction of sp³-hybridized carbons (Fsp3) is 0.548. The van der Waals surface area contributed by atoms with E-state index in [0.29, 0.717) is 31.9 Å². The molecule has 1 aromatic heterocycles. The Morgan fingerprint density at radius 3 is 2.70 bits per heavy atom. The van der Waals surface area contributed by atoms with Crippen molar-refractivity contribution >= 4 is 17.4 Å². The number of hydrogen-bond acceptors (Lipinski definition) is 8. The van der Waals surface area contributed by atoms with Crippen molar-refractivity contribution in [3.63, 3.8) is 0 Å². The molecule has 2 saturated heterocycles. The maximum atomic E-state index is 14.3. The second kappa shape index (κ2) is 13.2. The number of aromatic nitrogens is 2. The minimum atomic E-state index is -3.09. The van der Waals surface area contributed by atoms with Crippen LogP contribution in [0, 0.1) is 25.2 Å². The van der Waals surface area contributed by atoms with Gasteiger partial charge in [-0.3, -0.25) is 4.79 Å². The predicted molar refractivity (Wildman–Crippen MR) is 157 cm³/mol. The maximum absolute atomic E-state index is 14.3. The quantitative estimate of drug-likeness (QED) is 0.419. The largest absolute Gasteiger partial charge is 0.462 e. The highest BCUT2D eigenvalue weighted by Gasteiger charge is 2.35. The number of benzene rings is 1. The van der Waals surface area contributed by atoms with Crippen LogP contribution in [0.3, 0.4) is 0 Å². The number of aryl methyl sites for hydroxylation is 1. The van der Waals surface area contributed by atoms with Gasteiger partial charge in [0.25, 0.3) is 12.3 Å². The van der Waals surface area contributed by atoms with Crippen molar-refractivity contribution in [2.24, 2.45) is 0 Å². The van der Waals surface area contributed by atoms with Gasteiger partial charge < -0.3 is 24.3 Å². The Labute approximate surface area is 250 Å². The van der Waals surface area contributed by atoms with Gasteiger partial charge in [-0.1, -0.05) is 12.1 Å². The monoisotopic (exact) mass is 597 g/mol. The standard InChI is InChI=1S/C31H38F3N7O2/c1-20-6-4-8-27(21(20)2)39-13-10-24-26(18-39)36-31(43-19-23-7-5-12-38(23)3)37-29(24)40-14-15-41(22(17-40)9-11-35)30(42)25(32)16-28(33)34/h4,6,8,16,22-23,28H,5,7,9-10,12-15,17-19H2,1-3H3/b25-16+. The van der Waals surface area contributed by atoms with Crippen LogP contribution < -0.4 is 14.5 Å². The molecule has 3 aliphatic heterocycles. The van der Waals surface area contributed by atoms with E-state index in [1.165, 1.54) is 16.0 Å². The van der Waals surface area contributed by atoms with Crippen LogP contribution >= 0.6 is 0 Å². The lowest BCUT2D eigenvalue weighted by Crippen LogP contribution is -2.56. The molecule has 1 aromatic carbocycles. The number of fused-ring (bicyclic) bond motifs is 1. The van der Waals surface area contributed by atoms with Crippen molar-refractivity contribution in [3.05, 3.63) is 52.5 Å². The lowest BCUT2D eigenvalue weighted by molar-refractivity contribution is -0.131. The highest BCUT2D eigenvalue weighted by atomic mass is 19.3. The van der Waals surface area contributed by atoms with Crippen molar-refractivity contribution in [3.8, 4) is 12.1 Å². The summed E-state index contributed by atoms with van der Waals surface area (Å²) < 4.78 is 45.9. The van der Waals surface area contributed by atoms with E-state index >= 15 is 0 Å². The first-order valence-corrected chi connectivity index (χ1v) is 14.8. The van der Waals surface area contributed by atoms with Crippen LogP contribution in [0.1, 0.15) is 41.6 Å². The van der Waals surface area contributed by atoms with Crippen molar-refractivity contribution in [2.45, 2.75) is 64.6 Å². The highest BCUT2D eigenvalue weighted by Crippen LogP contribution is 2.34. The number of likely N-dealkylation sites (N-methyl/N-ethyl adjacent to an activating group) is 1. The molecular weight excluding hydrogens is 559 g/mol. The topological polar surface area (TPSA) is 88.8 Å². The number of nitrogens with zero attached hydrogens (tertiary/aromatic N) is 7. The van der Waals surface area contributed by atoms with Crippen LogP contribution in [0.5, 0.6) is 6.01 Å². The number of anilines is 2. The number of ether oxygens (including phenoxy) is 1. The minimum Gasteiger partial charge on any atom is -0.462 e. The molecule has 2 atom stereocenters. The molecule has 2 unspecified atom stereocenters. The van der Waals surface area contributed by atoms with E-state index in [-0.39, 0.29) is 37.6 Å². The number of rotatable bonds is 8.